The molecular weight excluding hydrogens is 781 g/mol. The van der Waals surface area contributed by atoms with E-state index in [1.807, 2.05) is 0 Å². The maximum absolute atomic E-state index is 12.8. The lowest BCUT2D eigenvalue weighted by atomic mass is 9.99. The van der Waals surface area contributed by atoms with E-state index in [0.717, 1.165) is 75.5 Å². The number of hydrogen-bond acceptors (Lipinski definition) is 6. The van der Waals surface area contributed by atoms with Gasteiger partial charge in [0.25, 0.3) is 0 Å². The van der Waals surface area contributed by atoms with E-state index in [0.29, 0.717) is 19.3 Å². The molecular formula is C57H110O6. The molecule has 0 saturated carbocycles. The molecule has 0 aromatic heterocycles. The first-order valence-electron chi connectivity index (χ1n) is 28.1. The minimum Gasteiger partial charge on any atom is -0.462 e. The quantitative estimate of drug-likeness (QED) is 0.0344. The number of carbonyl (C=O) groups excluding carboxylic acids is 3. The number of carbonyl (C=O) groups is 3. The van der Waals surface area contributed by atoms with Crippen LogP contribution in [-0.2, 0) is 28.6 Å². The van der Waals surface area contributed by atoms with E-state index >= 15 is 0 Å². The van der Waals surface area contributed by atoms with Crippen LogP contribution in [0, 0.1) is 17.8 Å². The van der Waals surface area contributed by atoms with E-state index in [4.69, 9.17) is 14.2 Å². The van der Waals surface area contributed by atoms with Gasteiger partial charge < -0.3 is 14.2 Å². The van der Waals surface area contributed by atoms with Gasteiger partial charge in [0, 0.05) is 19.3 Å². The van der Waals surface area contributed by atoms with Crippen LogP contribution in [0.25, 0.3) is 0 Å². The fourth-order valence-electron chi connectivity index (χ4n) is 8.61. The van der Waals surface area contributed by atoms with Crippen LogP contribution >= 0.6 is 0 Å². The molecule has 0 saturated heterocycles. The van der Waals surface area contributed by atoms with Gasteiger partial charge in [-0.25, -0.2) is 0 Å². The molecule has 0 aliphatic rings. The Bertz CT molecular complexity index is 978. The van der Waals surface area contributed by atoms with E-state index in [-0.39, 0.29) is 31.1 Å². The third kappa shape index (κ3) is 49.7. The number of ether oxygens (including phenoxy) is 3. The predicted octanol–water partition coefficient (Wildman–Crippen LogP) is 18.3. The fraction of sp³-hybridized carbons (Fsp3) is 0.947. The second kappa shape index (κ2) is 48.3. The lowest BCUT2D eigenvalue weighted by molar-refractivity contribution is -0.167. The molecule has 0 aliphatic carbocycles. The van der Waals surface area contributed by atoms with E-state index in [1.165, 1.54) is 193 Å². The molecule has 374 valence electrons. The van der Waals surface area contributed by atoms with Crippen molar-refractivity contribution in [1.29, 1.82) is 0 Å². The number of unbranched alkanes of at least 4 members (excludes halogenated alkanes) is 32. The van der Waals surface area contributed by atoms with Crippen LogP contribution in [0.15, 0.2) is 0 Å². The second-order valence-electron chi connectivity index (χ2n) is 20.8. The van der Waals surface area contributed by atoms with Crippen molar-refractivity contribution in [3.05, 3.63) is 0 Å². The lowest BCUT2D eigenvalue weighted by Crippen LogP contribution is -2.30. The maximum Gasteiger partial charge on any atom is 0.306 e. The van der Waals surface area contributed by atoms with Crippen molar-refractivity contribution in [1.82, 2.24) is 0 Å². The standard InChI is InChI=1S/C57H110O6/c1-7-53(6)45-39-33-27-21-14-10-8-9-11-15-22-28-34-40-46-55(58)61-49-54(63-57(60)48-42-36-30-24-18-17-20-26-32-38-44-52(4)5)50-62-56(59)47-41-35-29-23-16-12-13-19-25-31-37-43-51(2)3/h51-54H,7-50H2,1-6H3/t53?,54-/m1/s1. The highest BCUT2D eigenvalue weighted by Crippen LogP contribution is 2.19. The van der Waals surface area contributed by atoms with Gasteiger partial charge in [0.05, 0.1) is 0 Å². The Balaban J connectivity index is 4.29. The zero-order chi connectivity index (χ0) is 46.3. The van der Waals surface area contributed by atoms with Crippen molar-refractivity contribution in [2.24, 2.45) is 17.8 Å². The molecule has 0 heterocycles. The molecule has 0 bridgehead atoms. The number of hydrogen-bond donors (Lipinski definition) is 0. The van der Waals surface area contributed by atoms with Crippen LogP contribution in [0.1, 0.15) is 311 Å². The molecule has 2 atom stereocenters. The van der Waals surface area contributed by atoms with Gasteiger partial charge in [0.1, 0.15) is 13.2 Å². The van der Waals surface area contributed by atoms with Crippen molar-refractivity contribution >= 4 is 17.9 Å². The smallest absolute Gasteiger partial charge is 0.306 e. The van der Waals surface area contributed by atoms with Gasteiger partial charge in [-0.3, -0.25) is 14.4 Å². The van der Waals surface area contributed by atoms with Crippen molar-refractivity contribution in [2.45, 2.75) is 317 Å². The molecule has 0 fully saturated rings. The van der Waals surface area contributed by atoms with Gasteiger partial charge in [-0.15, -0.1) is 0 Å². The highest BCUT2D eigenvalue weighted by molar-refractivity contribution is 5.71. The first kappa shape index (κ1) is 61.4. The summed E-state index contributed by atoms with van der Waals surface area (Å²) in [6.07, 6.45) is 49.4. The first-order valence-corrected chi connectivity index (χ1v) is 28.1. The molecule has 0 aliphatic heterocycles. The van der Waals surface area contributed by atoms with Gasteiger partial charge in [-0.2, -0.15) is 0 Å². The number of rotatable bonds is 50. The monoisotopic (exact) mass is 891 g/mol. The largest absolute Gasteiger partial charge is 0.462 e. The Labute approximate surface area is 393 Å². The zero-order valence-electron chi connectivity index (χ0n) is 43.4. The van der Waals surface area contributed by atoms with Crippen LogP contribution in [-0.4, -0.2) is 37.2 Å². The molecule has 6 nitrogen and oxygen atoms in total. The summed E-state index contributed by atoms with van der Waals surface area (Å²) in [7, 11) is 0. The summed E-state index contributed by atoms with van der Waals surface area (Å²) < 4.78 is 16.9. The fourth-order valence-corrected chi connectivity index (χ4v) is 8.61. The van der Waals surface area contributed by atoms with Crippen LogP contribution in [0.4, 0.5) is 0 Å². The Morgan fingerprint density at radius 1 is 0.317 bits per heavy atom. The first-order chi connectivity index (χ1) is 30.6. The van der Waals surface area contributed by atoms with Gasteiger partial charge in [0.2, 0.25) is 0 Å². The van der Waals surface area contributed by atoms with Crippen molar-refractivity contribution in [3.8, 4) is 0 Å². The van der Waals surface area contributed by atoms with Gasteiger partial charge in [-0.1, -0.05) is 273 Å². The number of esters is 3. The molecule has 0 aromatic rings. The Hall–Kier alpha value is -1.59. The Morgan fingerprint density at radius 3 is 0.825 bits per heavy atom. The van der Waals surface area contributed by atoms with Crippen molar-refractivity contribution in [3.63, 3.8) is 0 Å². The van der Waals surface area contributed by atoms with Crippen molar-refractivity contribution in [2.75, 3.05) is 13.2 Å². The summed E-state index contributed by atoms with van der Waals surface area (Å²) in [4.78, 5) is 38.1. The third-order valence-corrected chi connectivity index (χ3v) is 13.3. The predicted molar refractivity (Wildman–Crippen MR) is 270 cm³/mol. The Kier molecular flexibility index (Phi) is 47.1. The SMILES string of the molecule is CCC(C)CCCCCCCCCCCCCCCCC(=O)OC[C@H](COC(=O)CCCCCCCCCCCCCC(C)C)OC(=O)CCCCCCCCCCCCC(C)C. The second-order valence-corrected chi connectivity index (χ2v) is 20.8. The summed E-state index contributed by atoms with van der Waals surface area (Å²) in [5.41, 5.74) is 0. The average Bonchev–Trinajstić information content (AvgIpc) is 3.25. The lowest BCUT2D eigenvalue weighted by Gasteiger charge is -2.18. The molecule has 0 radical (unpaired) electrons. The summed E-state index contributed by atoms with van der Waals surface area (Å²) in [6, 6.07) is 0. The molecule has 63 heavy (non-hydrogen) atoms. The van der Waals surface area contributed by atoms with Gasteiger partial charge in [0.15, 0.2) is 6.10 Å². The minimum atomic E-state index is -0.763. The van der Waals surface area contributed by atoms with Crippen LogP contribution < -0.4 is 0 Å². The highest BCUT2D eigenvalue weighted by Gasteiger charge is 2.19. The average molecular weight is 892 g/mol. The maximum atomic E-state index is 12.8. The highest BCUT2D eigenvalue weighted by atomic mass is 16.6. The van der Waals surface area contributed by atoms with Crippen LogP contribution in [0.5, 0.6) is 0 Å². The summed E-state index contributed by atoms with van der Waals surface area (Å²) in [5, 5.41) is 0. The molecule has 0 spiro atoms. The van der Waals surface area contributed by atoms with Crippen LogP contribution in [0.3, 0.4) is 0 Å². The summed E-state index contributed by atoms with van der Waals surface area (Å²) >= 11 is 0. The van der Waals surface area contributed by atoms with E-state index in [9.17, 15) is 14.4 Å². The summed E-state index contributed by atoms with van der Waals surface area (Å²) in [6.45, 7) is 13.8. The zero-order valence-corrected chi connectivity index (χ0v) is 43.4. The molecule has 1 unspecified atom stereocenters. The Morgan fingerprint density at radius 2 is 0.556 bits per heavy atom. The molecule has 0 rings (SSSR count). The molecule has 6 heteroatoms. The topological polar surface area (TPSA) is 78.9 Å². The van der Waals surface area contributed by atoms with Gasteiger partial charge in [-0.05, 0) is 37.0 Å². The van der Waals surface area contributed by atoms with E-state index in [1.54, 1.807) is 0 Å². The van der Waals surface area contributed by atoms with Crippen LogP contribution in [0.2, 0.25) is 0 Å². The summed E-state index contributed by atoms with van der Waals surface area (Å²) in [5.74, 6) is 1.69. The molecule has 0 amide bonds. The molecule has 0 N–H and O–H groups in total. The van der Waals surface area contributed by atoms with E-state index < -0.39 is 6.10 Å². The van der Waals surface area contributed by atoms with E-state index in [2.05, 4.69) is 41.5 Å². The van der Waals surface area contributed by atoms with Gasteiger partial charge >= 0.3 is 17.9 Å². The minimum absolute atomic E-state index is 0.0640. The third-order valence-electron chi connectivity index (χ3n) is 13.3. The molecule has 0 aromatic carbocycles. The normalized spacial score (nSPS) is 12.6. The van der Waals surface area contributed by atoms with Crippen molar-refractivity contribution < 1.29 is 28.6 Å².